The summed E-state index contributed by atoms with van der Waals surface area (Å²) >= 11 is 0. The first-order valence-corrected chi connectivity index (χ1v) is 10.6. The summed E-state index contributed by atoms with van der Waals surface area (Å²) in [6.07, 6.45) is 2.13. The quantitative estimate of drug-likeness (QED) is 0.231. The van der Waals surface area contributed by atoms with Crippen molar-refractivity contribution in [2.24, 2.45) is 4.99 Å². The van der Waals surface area contributed by atoms with Crippen LogP contribution in [0, 0.1) is 0 Å². The number of halogens is 1. The Balaban J connectivity index is 0.00000338. The number of nitrogens with one attached hydrogen (secondary N) is 2. The minimum Gasteiger partial charge on any atom is -0.488 e. The first-order valence-electron chi connectivity index (χ1n) is 8.50. The van der Waals surface area contributed by atoms with Crippen molar-refractivity contribution in [2.75, 3.05) is 44.9 Å². The van der Waals surface area contributed by atoms with Gasteiger partial charge in [-0.25, -0.2) is 13.4 Å². The summed E-state index contributed by atoms with van der Waals surface area (Å²) in [6, 6.07) is 8.05. The lowest BCUT2D eigenvalue weighted by molar-refractivity contribution is 0.154. The van der Waals surface area contributed by atoms with Crippen molar-refractivity contribution in [3.63, 3.8) is 0 Å². The van der Waals surface area contributed by atoms with Gasteiger partial charge in [0.1, 0.15) is 21.7 Å². The lowest BCUT2D eigenvalue weighted by Gasteiger charge is -2.13. The topological polar surface area (TPSA) is 89.0 Å². The van der Waals surface area contributed by atoms with E-state index >= 15 is 0 Å². The molecule has 0 saturated carbocycles. The van der Waals surface area contributed by atoms with Crippen LogP contribution in [0.25, 0.3) is 0 Å². The molecule has 0 bridgehead atoms. The summed E-state index contributed by atoms with van der Waals surface area (Å²) in [5, 5.41) is 6.35. The predicted molar refractivity (Wildman–Crippen MR) is 114 cm³/mol. The zero-order valence-corrected chi connectivity index (χ0v) is 18.4. The molecular formula is C17H28IN3O4S. The fraction of sp³-hybridized carbons (Fsp3) is 0.588. The van der Waals surface area contributed by atoms with Gasteiger partial charge in [-0.15, -0.1) is 24.0 Å². The first kappa shape index (κ1) is 23.0. The highest BCUT2D eigenvalue weighted by Crippen LogP contribution is 2.28. The Kier molecular flexibility index (Phi) is 10.3. The number of aliphatic imine (C=N–C) groups is 1. The maximum atomic E-state index is 11.0. The van der Waals surface area contributed by atoms with Gasteiger partial charge in [0.15, 0.2) is 5.96 Å². The van der Waals surface area contributed by atoms with Crippen molar-refractivity contribution in [3.05, 3.63) is 29.8 Å². The molecule has 0 fully saturated rings. The molecule has 0 spiro atoms. The van der Waals surface area contributed by atoms with Crippen LogP contribution in [0.15, 0.2) is 29.3 Å². The molecule has 9 heteroatoms. The van der Waals surface area contributed by atoms with E-state index in [4.69, 9.17) is 9.47 Å². The maximum Gasteiger partial charge on any atom is 0.191 e. The zero-order chi connectivity index (χ0) is 18.1. The summed E-state index contributed by atoms with van der Waals surface area (Å²) in [6.45, 7) is 4.52. The van der Waals surface area contributed by atoms with E-state index in [2.05, 4.69) is 21.7 Å². The number of benzene rings is 1. The molecule has 148 valence electrons. The van der Waals surface area contributed by atoms with Crippen LogP contribution >= 0.6 is 24.0 Å². The van der Waals surface area contributed by atoms with Gasteiger partial charge in [-0.3, -0.25) is 0 Å². The monoisotopic (exact) mass is 497 g/mol. The van der Waals surface area contributed by atoms with E-state index in [0.717, 1.165) is 18.7 Å². The summed E-state index contributed by atoms with van der Waals surface area (Å²) < 4.78 is 33.2. The van der Waals surface area contributed by atoms with E-state index in [1.54, 1.807) is 0 Å². The van der Waals surface area contributed by atoms with E-state index in [1.807, 2.05) is 25.1 Å². The van der Waals surface area contributed by atoms with Crippen LogP contribution in [-0.4, -0.2) is 65.3 Å². The summed E-state index contributed by atoms with van der Waals surface area (Å²) in [7, 11) is -2.97. The zero-order valence-electron chi connectivity index (χ0n) is 15.2. The number of hydrogen-bond acceptors (Lipinski definition) is 5. The Morgan fingerprint density at radius 1 is 1.31 bits per heavy atom. The third-order valence-electron chi connectivity index (χ3n) is 3.65. The summed E-state index contributed by atoms with van der Waals surface area (Å²) in [5.41, 5.74) is 1.22. The van der Waals surface area contributed by atoms with Gasteiger partial charge in [0.25, 0.3) is 0 Å². The molecule has 26 heavy (non-hydrogen) atoms. The van der Waals surface area contributed by atoms with Gasteiger partial charge in [0, 0.05) is 25.8 Å². The van der Waals surface area contributed by atoms with E-state index in [-0.39, 0.29) is 42.4 Å². The second kappa shape index (κ2) is 11.6. The van der Waals surface area contributed by atoms with E-state index in [1.165, 1.54) is 11.8 Å². The normalized spacial score (nSPS) is 16.4. The van der Waals surface area contributed by atoms with Crippen molar-refractivity contribution in [2.45, 2.75) is 19.4 Å². The number of guanidine groups is 1. The molecule has 0 aromatic heterocycles. The van der Waals surface area contributed by atoms with Crippen molar-refractivity contribution >= 4 is 39.8 Å². The van der Waals surface area contributed by atoms with Crippen molar-refractivity contribution < 1.29 is 17.9 Å². The molecule has 2 N–H and O–H groups in total. The third kappa shape index (κ3) is 8.54. The Morgan fingerprint density at radius 3 is 2.77 bits per heavy atom. The number of rotatable bonds is 9. The third-order valence-corrected chi connectivity index (χ3v) is 4.56. The second-order valence-corrected chi connectivity index (χ2v) is 8.20. The number of para-hydroxylation sites is 1. The first-order chi connectivity index (χ1) is 12.0. The van der Waals surface area contributed by atoms with Crippen molar-refractivity contribution in [3.8, 4) is 5.75 Å². The molecule has 0 amide bonds. The van der Waals surface area contributed by atoms with Crippen LogP contribution in [0.2, 0.25) is 0 Å². The van der Waals surface area contributed by atoms with E-state index in [0.29, 0.717) is 25.7 Å². The second-order valence-electron chi connectivity index (χ2n) is 5.94. The lowest BCUT2D eigenvalue weighted by Crippen LogP contribution is -2.39. The highest BCUT2D eigenvalue weighted by molar-refractivity contribution is 14.0. The molecule has 0 saturated heterocycles. The van der Waals surface area contributed by atoms with Gasteiger partial charge in [-0.2, -0.15) is 0 Å². The fourth-order valence-electron chi connectivity index (χ4n) is 2.44. The van der Waals surface area contributed by atoms with Crippen LogP contribution in [0.3, 0.4) is 0 Å². The van der Waals surface area contributed by atoms with Crippen molar-refractivity contribution in [1.29, 1.82) is 0 Å². The molecule has 7 nitrogen and oxygen atoms in total. The summed E-state index contributed by atoms with van der Waals surface area (Å²) in [5.74, 6) is 1.69. The standard InChI is InChI=1S/C17H27N3O4S.HI/c1-3-18-17(19-8-9-23-10-11-25(2,21)22)20-13-15-12-14-6-4-5-7-16(14)24-15;/h4-7,15H,3,8-13H2,1-2H3,(H2,18,19,20);1H. The SMILES string of the molecule is CCNC(=NCC1Cc2ccccc2O1)NCCOCCS(C)(=O)=O.I. The Morgan fingerprint density at radius 2 is 2.08 bits per heavy atom. The molecule has 1 unspecified atom stereocenters. The lowest BCUT2D eigenvalue weighted by atomic mass is 10.1. The Hall–Kier alpha value is -1.07. The molecule has 1 atom stereocenters. The van der Waals surface area contributed by atoms with Gasteiger partial charge >= 0.3 is 0 Å². The fourth-order valence-corrected chi connectivity index (χ4v) is 2.87. The van der Waals surface area contributed by atoms with Crippen molar-refractivity contribution in [1.82, 2.24) is 10.6 Å². The van der Waals surface area contributed by atoms with Crippen LogP contribution in [0.4, 0.5) is 0 Å². The number of nitrogens with zero attached hydrogens (tertiary/aromatic N) is 1. The highest BCUT2D eigenvalue weighted by atomic mass is 127. The Bertz CT molecular complexity index is 657. The van der Waals surface area contributed by atoms with E-state index < -0.39 is 9.84 Å². The molecule has 2 rings (SSSR count). The predicted octanol–water partition coefficient (Wildman–Crippen LogP) is 1.22. The molecule has 1 aliphatic rings. The van der Waals surface area contributed by atoms with E-state index in [9.17, 15) is 8.42 Å². The molecule has 0 radical (unpaired) electrons. The average Bonchev–Trinajstić information content (AvgIpc) is 2.97. The van der Waals surface area contributed by atoms with Gasteiger partial charge < -0.3 is 20.1 Å². The summed E-state index contributed by atoms with van der Waals surface area (Å²) in [4.78, 5) is 4.55. The molecule has 1 aliphatic heterocycles. The number of ether oxygens (including phenoxy) is 2. The minimum absolute atomic E-state index is 0. The molecular weight excluding hydrogens is 469 g/mol. The minimum atomic E-state index is -2.97. The van der Waals surface area contributed by atoms with Crippen LogP contribution in [-0.2, 0) is 21.0 Å². The maximum absolute atomic E-state index is 11.0. The Labute approximate surface area is 172 Å². The highest BCUT2D eigenvalue weighted by Gasteiger charge is 2.21. The van der Waals surface area contributed by atoms with Gasteiger partial charge in [0.05, 0.1) is 25.5 Å². The van der Waals surface area contributed by atoms with Crippen LogP contribution < -0.4 is 15.4 Å². The molecule has 1 aromatic carbocycles. The smallest absolute Gasteiger partial charge is 0.191 e. The largest absolute Gasteiger partial charge is 0.488 e. The molecule has 0 aliphatic carbocycles. The van der Waals surface area contributed by atoms with Crippen LogP contribution in [0.5, 0.6) is 5.75 Å². The number of hydrogen-bond donors (Lipinski definition) is 2. The number of sulfone groups is 1. The molecule has 1 heterocycles. The van der Waals surface area contributed by atoms with Crippen LogP contribution in [0.1, 0.15) is 12.5 Å². The average molecular weight is 497 g/mol. The van der Waals surface area contributed by atoms with Gasteiger partial charge in [-0.1, -0.05) is 18.2 Å². The van der Waals surface area contributed by atoms with Gasteiger partial charge in [0.2, 0.25) is 0 Å². The van der Waals surface area contributed by atoms with Gasteiger partial charge in [-0.05, 0) is 18.6 Å². The molecule has 1 aromatic rings. The number of fused-ring (bicyclic) bond motifs is 1.